The fraction of sp³-hybridized carbons (Fsp3) is 0.125. The number of hydrogen-bond donors (Lipinski definition) is 2. The second kappa shape index (κ2) is 5.17. The van der Waals surface area contributed by atoms with Crippen molar-refractivity contribution in [3.05, 3.63) is 60.2 Å². The van der Waals surface area contributed by atoms with Crippen molar-refractivity contribution >= 4 is 22.1 Å². The molecule has 2 aromatic carbocycles. The van der Waals surface area contributed by atoms with E-state index in [0.29, 0.717) is 0 Å². The number of hydrogen-bond acceptors (Lipinski definition) is 1. The van der Waals surface area contributed by atoms with Crippen molar-refractivity contribution in [2.24, 2.45) is 0 Å². The van der Waals surface area contributed by atoms with Gasteiger partial charge in [-0.1, -0.05) is 12.1 Å². The largest absolute Gasteiger partial charge is 0.345 e. The number of aryl methyl sites for hydroxylation is 2. The van der Waals surface area contributed by atoms with E-state index in [-0.39, 0.29) is 0 Å². The van der Waals surface area contributed by atoms with Crippen molar-refractivity contribution < 1.29 is 4.98 Å². The van der Waals surface area contributed by atoms with Gasteiger partial charge in [0, 0.05) is 0 Å². The molecule has 0 amide bonds. The van der Waals surface area contributed by atoms with Crippen LogP contribution in [0.2, 0.25) is 0 Å². The molecule has 0 radical (unpaired) electrons. The number of imidazole rings is 2. The molecule has 0 saturated carbocycles. The monoisotopic (exact) mass is 265 g/mol. The molecule has 0 fully saturated rings. The second-order valence-electron chi connectivity index (χ2n) is 4.91. The van der Waals surface area contributed by atoms with Crippen molar-refractivity contribution in [2.45, 2.75) is 13.8 Å². The minimum atomic E-state index is 1.03. The molecule has 2 aromatic heterocycles. The lowest BCUT2D eigenvalue weighted by Crippen LogP contribution is -1.93. The molecule has 2 heterocycles. The van der Waals surface area contributed by atoms with Gasteiger partial charge < -0.3 is 4.98 Å². The third-order valence-corrected chi connectivity index (χ3v) is 3.21. The maximum absolute atomic E-state index is 4.10. The van der Waals surface area contributed by atoms with Gasteiger partial charge >= 0.3 is 0 Å². The first-order valence-electron chi connectivity index (χ1n) is 6.57. The van der Waals surface area contributed by atoms with Crippen LogP contribution in [0.4, 0.5) is 0 Å². The predicted molar refractivity (Wildman–Crippen MR) is 80.4 cm³/mol. The lowest BCUT2D eigenvalue weighted by molar-refractivity contribution is -0.344. The van der Waals surface area contributed by atoms with E-state index in [1.165, 1.54) is 16.6 Å². The Hall–Kier alpha value is -2.62. The third-order valence-electron chi connectivity index (χ3n) is 3.21. The highest BCUT2D eigenvalue weighted by Crippen LogP contribution is 2.09. The first kappa shape index (κ1) is 12.4. The molecule has 4 heteroatoms. The molecule has 0 saturated heterocycles. The number of rotatable bonds is 0. The Bertz CT molecular complexity index is 770. The minimum Gasteiger partial charge on any atom is -0.345 e. The van der Waals surface area contributed by atoms with Crippen LogP contribution < -0.4 is 4.98 Å². The summed E-state index contributed by atoms with van der Waals surface area (Å²) in [6, 6.07) is 12.4. The van der Waals surface area contributed by atoms with E-state index < -0.39 is 0 Å². The van der Waals surface area contributed by atoms with Gasteiger partial charge in [0.1, 0.15) is 0 Å². The summed E-state index contributed by atoms with van der Waals surface area (Å²) in [5, 5.41) is 0. The van der Waals surface area contributed by atoms with Gasteiger partial charge in [0.05, 0.1) is 17.4 Å². The van der Waals surface area contributed by atoms with E-state index in [1.807, 2.05) is 12.4 Å². The molecule has 0 aliphatic heterocycles. The van der Waals surface area contributed by atoms with Crippen LogP contribution in [0.15, 0.2) is 49.1 Å². The zero-order valence-corrected chi connectivity index (χ0v) is 11.6. The third kappa shape index (κ3) is 2.54. The molecule has 4 rings (SSSR count). The number of nitrogens with one attached hydrogen (secondary N) is 3. The molecule has 4 nitrogen and oxygen atoms in total. The summed E-state index contributed by atoms with van der Waals surface area (Å²) in [4.78, 5) is 13.3. The first-order valence-corrected chi connectivity index (χ1v) is 6.57. The topological polar surface area (TPSA) is 58.6 Å². The molecule has 0 atom stereocenters. The Labute approximate surface area is 116 Å². The average molecular weight is 265 g/mol. The number of aromatic nitrogens is 4. The number of aromatic amines is 3. The van der Waals surface area contributed by atoms with E-state index in [1.54, 1.807) is 6.33 Å². The van der Waals surface area contributed by atoms with Gasteiger partial charge in [-0.2, -0.15) is 0 Å². The molecule has 4 aromatic rings. The highest BCUT2D eigenvalue weighted by atomic mass is 14.9. The quantitative estimate of drug-likeness (QED) is 0.504. The highest BCUT2D eigenvalue weighted by molar-refractivity contribution is 5.74. The smallest absolute Gasteiger partial charge is 0.240 e. The summed E-state index contributed by atoms with van der Waals surface area (Å²) in [6.07, 6.45) is 3.55. The van der Waals surface area contributed by atoms with E-state index in [9.17, 15) is 0 Å². The zero-order chi connectivity index (χ0) is 13.9. The number of fused-ring (bicyclic) bond motifs is 2. The van der Waals surface area contributed by atoms with Gasteiger partial charge in [-0.05, 0) is 49.2 Å². The number of benzene rings is 2. The van der Waals surface area contributed by atoms with Crippen molar-refractivity contribution in [2.75, 3.05) is 0 Å². The van der Waals surface area contributed by atoms with Gasteiger partial charge in [-0.15, -0.1) is 0 Å². The van der Waals surface area contributed by atoms with Gasteiger partial charge in [0.2, 0.25) is 6.33 Å². The maximum atomic E-state index is 4.10. The summed E-state index contributed by atoms with van der Waals surface area (Å²) < 4.78 is 0. The Kier molecular flexibility index (Phi) is 3.21. The van der Waals surface area contributed by atoms with Crippen LogP contribution in [0, 0.1) is 13.8 Å². The lowest BCUT2D eigenvalue weighted by atomic mass is 10.2. The van der Waals surface area contributed by atoms with Crippen molar-refractivity contribution in [1.29, 1.82) is 0 Å². The van der Waals surface area contributed by atoms with Gasteiger partial charge in [-0.25, -0.2) is 15.0 Å². The van der Waals surface area contributed by atoms with Crippen LogP contribution in [0.3, 0.4) is 0 Å². The Balaban J connectivity index is 0.000000121. The average Bonchev–Trinajstić information content (AvgIpc) is 3.06. The van der Waals surface area contributed by atoms with Crippen molar-refractivity contribution in [3.63, 3.8) is 0 Å². The zero-order valence-electron chi connectivity index (χ0n) is 11.6. The van der Waals surface area contributed by atoms with E-state index in [4.69, 9.17) is 0 Å². The van der Waals surface area contributed by atoms with Crippen LogP contribution in [0.5, 0.6) is 0 Å². The molecule has 0 unspecified atom stereocenters. The molecule has 0 spiro atoms. The molecule has 100 valence electrons. The van der Waals surface area contributed by atoms with Gasteiger partial charge in [-0.3, -0.25) is 0 Å². The van der Waals surface area contributed by atoms with Crippen LogP contribution >= 0.6 is 0 Å². The Morgan fingerprint density at radius 1 is 0.900 bits per heavy atom. The van der Waals surface area contributed by atoms with Crippen LogP contribution in [0.25, 0.3) is 22.1 Å². The molecular weight excluding hydrogens is 248 g/mol. The maximum Gasteiger partial charge on any atom is 0.240 e. The fourth-order valence-corrected chi connectivity index (χ4v) is 2.14. The summed E-state index contributed by atoms with van der Waals surface area (Å²) >= 11 is 0. The normalized spacial score (nSPS) is 10.5. The summed E-state index contributed by atoms with van der Waals surface area (Å²) in [5.41, 5.74) is 7.01. The standard InChI is InChI=1S/2C8H8N2/c2*1-6-2-3-7-8(4-6)10-5-9-7/h2*2-5H,1H3,(H,9,10)/p+1. The van der Waals surface area contributed by atoms with Crippen molar-refractivity contribution in [1.82, 2.24) is 15.0 Å². The Morgan fingerprint density at radius 3 is 2.50 bits per heavy atom. The molecule has 0 aliphatic carbocycles. The minimum absolute atomic E-state index is 1.03. The second-order valence-corrected chi connectivity index (χ2v) is 4.91. The van der Waals surface area contributed by atoms with E-state index in [2.05, 4.69) is 64.1 Å². The van der Waals surface area contributed by atoms with E-state index in [0.717, 1.165) is 16.6 Å². The fourth-order valence-electron chi connectivity index (χ4n) is 2.14. The molecule has 3 N–H and O–H groups in total. The van der Waals surface area contributed by atoms with Gasteiger partial charge in [0.25, 0.3) is 0 Å². The van der Waals surface area contributed by atoms with E-state index >= 15 is 0 Å². The number of nitrogens with zero attached hydrogens (tertiary/aromatic N) is 1. The SMILES string of the molecule is Cc1ccc2[nH+]c[nH]c2c1.Cc1ccc2nc[nH]c2c1. The number of H-pyrrole nitrogens is 3. The van der Waals surface area contributed by atoms with Crippen molar-refractivity contribution in [3.8, 4) is 0 Å². The predicted octanol–water partition coefficient (Wildman–Crippen LogP) is 3.16. The Morgan fingerprint density at radius 2 is 1.65 bits per heavy atom. The summed E-state index contributed by atoms with van der Waals surface area (Å²) in [7, 11) is 0. The highest BCUT2D eigenvalue weighted by Gasteiger charge is 1.98. The molecule has 0 aliphatic rings. The first-order chi connectivity index (χ1) is 9.72. The van der Waals surface area contributed by atoms with Crippen LogP contribution in [0.1, 0.15) is 11.1 Å². The summed E-state index contributed by atoms with van der Waals surface area (Å²) in [5.74, 6) is 0. The lowest BCUT2D eigenvalue weighted by Gasteiger charge is -1.89. The molecule has 20 heavy (non-hydrogen) atoms. The molecular formula is C16H17N4+. The summed E-state index contributed by atoms with van der Waals surface area (Å²) in [6.45, 7) is 4.15. The van der Waals surface area contributed by atoms with Crippen LogP contribution in [-0.2, 0) is 0 Å². The van der Waals surface area contributed by atoms with Crippen LogP contribution in [-0.4, -0.2) is 15.0 Å². The molecule has 0 bridgehead atoms. The van der Waals surface area contributed by atoms with Gasteiger partial charge in [0.15, 0.2) is 11.0 Å².